The monoisotopic (exact) mass is 285 g/mol. The van der Waals surface area contributed by atoms with Crippen LogP contribution in [0.3, 0.4) is 0 Å². The predicted octanol–water partition coefficient (Wildman–Crippen LogP) is 2.04. The van der Waals surface area contributed by atoms with Crippen LogP contribution in [0, 0.1) is 0 Å². The Hall–Kier alpha value is -1.59. The molecule has 5 nitrogen and oxygen atoms in total. The van der Waals surface area contributed by atoms with Crippen molar-refractivity contribution < 1.29 is 0 Å². The molecule has 0 unspecified atom stereocenters. The fourth-order valence-corrected chi connectivity index (χ4v) is 1.57. The van der Waals surface area contributed by atoms with Gasteiger partial charge in [-0.15, -0.1) is 0 Å². The molecule has 1 rings (SSSR count). The van der Waals surface area contributed by atoms with E-state index in [2.05, 4.69) is 15.0 Å². The summed E-state index contributed by atoms with van der Waals surface area (Å²) in [6.07, 6.45) is 0. The molecule has 0 aliphatic heterocycles. The Morgan fingerprint density at radius 3 is 2.28 bits per heavy atom. The Morgan fingerprint density at radius 1 is 1.06 bits per heavy atom. The third-order valence-electron chi connectivity index (χ3n) is 2.12. The van der Waals surface area contributed by atoms with E-state index in [1.165, 1.54) is 0 Å². The zero-order chi connectivity index (χ0) is 13.7. The highest BCUT2D eigenvalue weighted by Crippen LogP contribution is 2.31. The number of rotatable bonds is 3. The van der Waals surface area contributed by atoms with E-state index >= 15 is 0 Å². The third-order valence-corrected chi connectivity index (χ3v) is 2.93. The number of benzene rings is 1. The summed E-state index contributed by atoms with van der Waals surface area (Å²) in [5.41, 5.74) is 12.2. The molecule has 1 aromatic carbocycles. The molecule has 0 aliphatic carbocycles. The summed E-state index contributed by atoms with van der Waals surface area (Å²) in [5, 5.41) is 0.724. The number of aliphatic imine (C=N–C) groups is 3. The van der Waals surface area contributed by atoms with Crippen LogP contribution in [0.4, 0.5) is 5.69 Å². The first-order valence-corrected chi connectivity index (χ1v) is 5.74. The van der Waals surface area contributed by atoms with Crippen LogP contribution in [0.25, 0.3) is 0 Å². The fraction of sp³-hybridized carbons (Fsp3) is 0.182. The Bertz CT molecular complexity index is 534. The number of hydrogen-bond donors (Lipinski definition) is 2. The lowest BCUT2D eigenvalue weighted by atomic mass is 10.3. The normalized spacial score (nSPS) is 13.9. The average molecular weight is 286 g/mol. The van der Waals surface area contributed by atoms with Gasteiger partial charge >= 0.3 is 0 Å². The number of hydrogen-bond acceptors (Lipinski definition) is 3. The highest BCUT2D eigenvalue weighted by molar-refractivity contribution is 6.67. The van der Waals surface area contributed by atoms with Gasteiger partial charge in [0.05, 0.1) is 15.7 Å². The van der Waals surface area contributed by atoms with Crippen molar-refractivity contribution in [3.05, 3.63) is 28.2 Å². The first-order valence-electron chi connectivity index (χ1n) is 4.99. The van der Waals surface area contributed by atoms with Crippen molar-refractivity contribution in [3.8, 4) is 0 Å². The van der Waals surface area contributed by atoms with Crippen LogP contribution in [0.15, 0.2) is 33.2 Å². The molecule has 0 radical (unpaired) electrons. The van der Waals surface area contributed by atoms with Crippen molar-refractivity contribution in [1.82, 2.24) is 0 Å². The van der Waals surface area contributed by atoms with Gasteiger partial charge in [0.25, 0.3) is 0 Å². The minimum absolute atomic E-state index is 0.129. The number of amidine groups is 2. The van der Waals surface area contributed by atoms with E-state index in [0.717, 1.165) is 0 Å². The summed E-state index contributed by atoms with van der Waals surface area (Å²) in [5.74, 6) is 0.335. The molecule has 0 fully saturated rings. The molecule has 0 aromatic heterocycles. The first kappa shape index (κ1) is 14.5. The molecule has 4 N–H and O–H groups in total. The Kier molecular flexibility index (Phi) is 5.12. The van der Waals surface area contributed by atoms with E-state index in [4.69, 9.17) is 34.7 Å². The minimum atomic E-state index is 0.129. The van der Waals surface area contributed by atoms with Gasteiger partial charge in [0.1, 0.15) is 11.5 Å². The maximum atomic E-state index is 6.00. The molecule has 18 heavy (non-hydrogen) atoms. The summed E-state index contributed by atoms with van der Waals surface area (Å²) in [7, 11) is 3.09. The quantitative estimate of drug-likeness (QED) is 0.657. The topological polar surface area (TPSA) is 89.1 Å². The highest BCUT2D eigenvalue weighted by atomic mass is 35.5. The molecule has 0 spiro atoms. The second-order valence-corrected chi connectivity index (χ2v) is 4.04. The highest BCUT2D eigenvalue weighted by Gasteiger charge is 2.10. The van der Waals surface area contributed by atoms with E-state index in [9.17, 15) is 0 Å². The lowest BCUT2D eigenvalue weighted by Gasteiger charge is -2.05. The van der Waals surface area contributed by atoms with Crippen LogP contribution in [0.5, 0.6) is 0 Å². The van der Waals surface area contributed by atoms with Crippen molar-refractivity contribution in [1.29, 1.82) is 0 Å². The first-order chi connectivity index (χ1) is 8.51. The van der Waals surface area contributed by atoms with Crippen molar-refractivity contribution in [2.45, 2.75) is 0 Å². The molecule has 96 valence electrons. The van der Waals surface area contributed by atoms with Gasteiger partial charge in [-0.1, -0.05) is 29.3 Å². The minimum Gasteiger partial charge on any atom is -0.382 e. The lowest BCUT2D eigenvalue weighted by molar-refractivity contribution is 1.39. The zero-order valence-corrected chi connectivity index (χ0v) is 11.5. The SMILES string of the molecule is CN=C(N)C(=NC)C(N)=Nc1cccc(Cl)c1Cl. The molecule has 1 aromatic rings. The van der Waals surface area contributed by atoms with E-state index in [0.29, 0.717) is 21.4 Å². The molecule has 0 aliphatic rings. The van der Waals surface area contributed by atoms with E-state index in [1.54, 1.807) is 32.3 Å². The van der Waals surface area contributed by atoms with E-state index in [-0.39, 0.29) is 11.7 Å². The second-order valence-electron chi connectivity index (χ2n) is 3.25. The maximum Gasteiger partial charge on any atom is 0.153 e. The van der Waals surface area contributed by atoms with Crippen LogP contribution in [-0.4, -0.2) is 31.5 Å². The summed E-state index contributed by atoms with van der Waals surface area (Å²) >= 11 is 11.9. The van der Waals surface area contributed by atoms with Gasteiger partial charge in [0, 0.05) is 14.1 Å². The largest absolute Gasteiger partial charge is 0.382 e. The molecule has 7 heteroatoms. The van der Waals surface area contributed by atoms with Crippen molar-refractivity contribution in [3.63, 3.8) is 0 Å². The second kappa shape index (κ2) is 6.37. The van der Waals surface area contributed by atoms with Gasteiger partial charge in [0.2, 0.25) is 0 Å². The van der Waals surface area contributed by atoms with Gasteiger partial charge in [0.15, 0.2) is 5.84 Å². The Balaban J connectivity index is 3.21. The molecule has 0 amide bonds. The summed E-state index contributed by atoms with van der Waals surface area (Å²) in [6.45, 7) is 0. The molecular formula is C11H13Cl2N5. The summed E-state index contributed by atoms with van der Waals surface area (Å²) < 4.78 is 0. The Labute approximate surface area is 115 Å². The molecule has 0 bridgehead atoms. The van der Waals surface area contributed by atoms with Crippen LogP contribution in [0.1, 0.15) is 0 Å². The average Bonchev–Trinajstić information content (AvgIpc) is 2.35. The van der Waals surface area contributed by atoms with E-state index in [1.807, 2.05) is 0 Å². The summed E-state index contributed by atoms with van der Waals surface area (Å²) in [4.78, 5) is 11.9. The van der Waals surface area contributed by atoms with Crippen molar-refractivity contribution >= 4 is 46.3 Å². The van der Waals surface area contributed by atoms with Gasteiger partial charge in [-0.3, -0.25) is 9.98 Å². The van der Waals surface area contributed by atoms with Gasteiger partial charge in [-0.25, -0.2) is 4.99 Å². The van der Waals surface area contributed by atoms with Crippen LogP contribution >= 0.6 is 23.2 Å². The molecule has 0 atom stereocenters. The number of nitrogens with two attached hydrogens (primary N) is 2. The number of halogens is 2. The van der Waals surface area contributed by atoms with Gasteiger partial charge in [-0.2, -0.15) is 0 Å². The van der Waals surface area contributed by atoms with Crippen molar-refractivity contribution in [2.24, 2.45) is 26.4 Å². The maximum absolute atomic E-state index is 6.00. The predicted molar refractivity (Wildman–Crippen MR) is 78.6 cm³/mol. The van der Waals surface area contributed by atoms with E-state index < -0.39 is 0 Å². The molecule has 0 heterocycles. The van der Waals surface area contributed by atoms with Crippen LogP contribution in [0.2, 0.25) is 10.0 Å². The van der Waals surface area contributed by atoms with Crippen LogP contribution in [-0.2, 0) is 0 Å². The lowest BCUT2D eigenvalue weighted by Crippen LogP contribution is -2.35. The fourth-order valence-electron chi connectivity index (χ4n) is 1.23. The smallest absolute Gasteiger partial charge is 0.153 e. The molecule has 0 saturated heterocycles. The Morgan fingerprint density at radius 2 is 1.72 bits per heavy atom. The number of nitrogens with zero attached hydrogens (tertiary/aromatic N) is 3. The standard InChI is InChI=1S/C11H13Cl2N5/c1-16-9(10(14)17-2)11(15)18-7-5-3-4-6(12)8(7)13/h3-5H,1-2H3,(H2,14,17)(H2,15,18). The van der Waals surface area contributed by atoms with Gasteiger partial charge in [-0.05, 0) is 12.1 Å². The third kappa shape index (κ3) is 3.21. The zero-order valence-electron chi connectivity index (χ0n) is 9.98. The van der Waals surface area contributed by atoms with Crippen LogP contribution < -0.4 is 11.5 Å². The van der Waals surface area contributed by atoms with Crippen molar-refractivity contribution in [2.75, 3.05) is 14.1 Å². The van der Waals surface area contributed by atoms with Gasteiger partial charge < -0.3 is 11.5 Å². The molecule has 0 saturated carbocycles. The molecular weight excluding hydrogens is 273 g/mol. The summed E-state index contributed by atoms with van der Waals surface area (Å²) in [6, 6.07) is 5.07.